The number of halogens is 1. The first-order valence-electron chi connectivity index (χ1n) is 11.2. The lowest BCUT2D eigenvalue weighted by molar-refractivity contribution is -0.111. The maximum Gasteiger partial charge on any atom is 0.246 e. The Hall–Kier alpha value is -4.23. The van der Waals surface area contributed by atoms with Crippen molar-refractivity contribution in [2.45, 2.75) is 19.9 Å². The minimum absolute atomic E-state index is 0.208. The van der Waals surface area contributed by atoms with E-state index in [1.54, 1.807) is 9.91 Å². The van der Waals surface area contributed by atoms with Crippen molar-refractivity contribution in [2.75, 3.05) is 9.91 Å². The van der Waals surface area contributed by atoms with Gasteiger partial charge in [-0.3, -0.25) is 4.79 Å². The summed E-state index contributed by atoms with van der Waals surface area (Å²) in [6.45, 7) is 3.50. The second-order valence-corrected chi connectivity index (χ2v) is 8.90. The highest BCUT2D eigenvalue weighted by atomic mass is 35.5. The molecule has 0 saturated heterocycles. The zero-order valence-electron chi connectivity index (χ0n) is 19.0. The molecule has 4 aromatic rings. The van der Waals surface area contributed by atoms with E-state index in [-0.39, 0.29) is 11.6 Å². The Morgan fingerprint density at radius 3 is 2.37 bits per heavy atom. The lowest BCUT2D eigenvalue weighted by Crippen LogP contribution is -2.43. The molecule has 8 heteroatoms. The van der Waals surface area contributed by atoms with Crippen LogP contribution >= 0.6 is 11.6 Å². The highest BCUT2D eigenvalue weighted by Crippen LogP contribution is 2.46. The van der Waals surface area contributed by atoms with Gasteiger partial charge in [0.05, 0.1) is 11.3 Å². The van der Waals surface area contributed by atoms with E-state index >= 15 is 0 Å². The fourth-order valence-corrected chi connectivity index (χ4v) is 4.45. The molecule has 1 unspecified atom stereocenters. The third-order valence-corrected chi connectivity index (χ3v) is 6.30. The molecule has 7 nitrogen and oxygen atoms in total. The van der Waals surface area contributed by atoms with E-state index in [2.05, 4.69) is 10.3 Å². The second kappa shape index (κ2) is 8.21. The maximum atomic E-state index is 12.7. The molecule has 1 atom stereocenters. The van der Waals surface area contributed by atoms with Gasteiger partial charge < -0.3 is 4.52 Å². The Morgan fingerprint density at radius 1 is 0.971 bits per heavy atom. The van der Waals surface area contributed by atoms with Gasteiger partial charge in [-0.2, -0.15) is 5.01 Å². The molecule has 0 N–H and O–H groups in total. The van der Waals surface area contributed by atoms with Crippen LogP contribution in [0, 0.1) is 6.92 Å². The molecular weight excluding hydrogens is 462 g/mol. The van der Waals surface area contributed by atoms with Crippen LogP contribution in [0.15, 0.2) is 93.5 Å². The fourth-order valence-electron chi connectivity index (χ4n) is 4.33. The quantitative estimate of drug-likeness (QED) is 0.358. The number of ketones is 1. The van der Waals surface area contributed by atoms with Gasteiger partial charge >= 0.3 is 0 Å². The largest absolute Gasteiger partial charge is 0.337 e. The van der Waals surface area contributed by atoms with Crippen molar-refractivity contribution >= 4 is 40.8 Å². The number of fused-ring (bicyclic) bond motifs is 3. The van der Waals surface area contributed by atoms with Gasteiger partial charge in [0.15, 0.2) is 5.78 Å². The van der Waals surface area contributed by atoms with Crippen molar-refractivity contribution in [2.24, 2.45) is 10.1 Å². The van der Waals surface area contributed by atoms with Crippen LogP contribution in [0.5, 0.6) is 0 Å². The number of aryl methyl sites for hydroxylation is 1. The number of Topliss-reactive ketones (excluding diaryl/α,β-unsaturated/α-hetero) is 1. The molecule has 3 aromatic carbocycles. The van der Waals surface area contributed by atoms with Crippen molar-refractivity contribution < 1.29 is 9.32 Å². The minimum atomic E-state index is -0.440. The second-order valence-electron chi connectivity index (χ2n) is 8.46. The Labute approximate surface area is 206 Å². The summed E-state index contributed by atoms with van der Waals surface area (Å²) in [7, 11) is 0. The van der Waals surface area contributed by atoms with Gasteiger partial charge in [0.2, 0.25) is 17.7 Å². The number of aliphatic imine (C=N–C) groups is 1. The van der Waals surface area contributed by atoms with E-state index in [1.165, 1.54) is 6.92 Å². The molecule has 2 aliphatic heterocycles. The van der Waals surface area contributed by atoms with Gasteiger partial charge in [0, 0.05) is 17.5 Å². The van der Waals surface area contributed by atoms with Gasteiger partial charge in [-0.25, -0.2) is 9.89 Å². The lowest BCUT2D eigenvalue weighted by Gasteiger charge is -2.28. The van der Waals surface area contributed by atoms with Crippen LogP contribution in [-0.2, 0) is 4.79 Å². The number of benzene rings is 3. The molecule has 0 saturated carbocycles. The van der Waals surface area contributed by atoms with Crippen LogP contribution < -0.4 is 9.91 Å². The summed E-state index contributed by atoms with van der Waals surface area (Å²) in [6.07, 6.45) is 0. The van der Waals surface area contributed by atoms with E-state index in [1.807, 2.05) is 85.8 Å². The highest BCUT2D eigenvalue weighted by molar-refractivity contribution is 6.51. The number of hydrazone groups is 1. The van der Waals surface area contributed by atoms with E-state index in [0.29, 0.717) is 22.6 Å². The molecule has 172 valence electrons. The Bertz CT molecular complexity index is 1490. The number of guanidine groups is 1. The Kier molecular flexibility index (Phi) is 5.00. The number of hydrogen-bond acceptors (Lipinski definition) is 7. The SMILES string of the molecule is CC(=O)C1=NN(c2ccc(C)cc2)C2=NC(c3ccc(Cl)cc3)c3c(-c4ccccc4)noc3N12. The molecule has 0 amide bonds. The van der Waals surface area contributed by atoms with E-state index in [0.717, 1.165) is 27.9 Å². The Balaban J connectivity index is 1.58. The summed E-state index contributed by atoms with van der Waals surface area (Å²) in [4.78, 5) is 19.4. The average Bonchev–Trinajstić information content (AvgIpc) is 3.47. The van der Waals surface area contributed by atoms with Gasteiger partial charge in [0.25, 0.3) is 0 Å². The number of amidine groups is 1. The minimum Gasteiger partial charge on any atom is -0.337 e. The van der Waals surface area contributed by atoms with Crippen LogP contribution in [0.2, 0.25) is 5.02 Å². The van der Waals surface area contributed by atoms with Crippen LogP contribution in [0.3, 0.4) is 0 Å². The number of aromatic nitrogens is 1. The van der Waals surface area contributed by atoms with Crippen LogP contribution in [0.1, 0.15) is 29.7 Å². The van der Waals surface area contributed by atoms with E-state index in [4.69, 9.17) is 21.1 Å². The number of carbonyl (C=O) groups excluding carboxylic acids is 1. The zero-order valence-corrected chi connectivity index (χ0v) is 19.8. The monoisotopic (exact) mass is 481 g/mol. The molecule has 0 bridgehead atoms. The summed E-state index contributed by atoms with van der Waals surface area (Å²) < 4.78 is 5.92. The van der Waals surface area contributed by atoms with Crippen molar-refractivity contribution in [1.82, 2.24) is 5.16 Å². The van der Waals surface area contributed by atoms with Gasteiger partial charge in [-0.05, 0) is 36.8 Å². The molecule has 3 heterocycles. The molecular formula is C27H20ClN5O2. The van der Waals surface area contributed by atoms with Gasteiger partial charge in [0.1, 0.15) is 11.7 Å². The highest BCUT2D eigenvalue weighted by Gasteiger charge is 2.45. The number of rotatable bonds is 4. The molecule has 0 aliphatic carbocycles. The topological polar surface area (TPSA) is 74.3 Å². The Morgan fingerprint density at radius 2 is 1.69 bits per heavy atom. The summed E-state index contributed by atoms with van der Waals surface area (Å²) in [5.74, 6) is 0.913. The smallest absolute Gasteiger partial charge is 0.246 e. The van der Waals surface area contributed by atoms with Crippen LogP contribution in [0.4, 0.5) is 11.6 Å². The van der Waals surface area contributed by atoms with Crippen molar-refractivity contribution in [1.29, 1.82) is 0 Å². The number of nitrogens with zero attached hydrogens (tertiary/aromatic N) is 5. The number of hydrogen-bond donors (Lipinski definition) is 0. The predicted molar refractivity (Wildman–Crippen MR) is 137 cm³/mol. The third-order valence-electron chi connectivity index (χ3n) is 6.05. The molecule has 0 radical (unpaired) electrons. The molecule has 35 heavy (non-hydrogen) atoms. The summed E-state index contributed by atoms with van der Waals surface area (Å²) in [6, 6.07) is 24.8. The molecule has 1 aromatic heterocycles. The fraction of sp³-hybridized carbons (Fsp3) is 0.111. The van der Waals surface area contributed by atoms with E-state index < -0.39 is 6.04 Å². The number of anilines is 2. The first-order chi connectivity index (χ1) is 17.0. The molecule has 2 aliphatic rings. The van der Waals surface area contributed by atoms with Gasteiger partial charge in [-0.15, -0.1) is 5.10 Å². The first kappa shape index (κ1) is 21.3. The summed E-state index contributed by atoms with van der Waals surface area (Å²) >= 11 is 6.18. The van der Waals surface area contributed by atoms with Crippen LogP contribution in [-0.4, -0.2) is 22.7 Å². The summed E-state index contributed by atoms with van der Waals surface area (Å²) in [5, 5.41) is 11.4. The van der Waals surface area contributed by atoms with E-state index in [9.17, 15) is 4.79 Å². The van der Waals surface area contributed by atoms with Crippen molar-refractivity contribution in [3.8, 4) is 11.3 Å². The van der Waals surface area contributed by atoms with Crippen molar-refractivity contribution in [3.63, 3.8) is 0 Å². The normalized spacial score (nSPS) is 16.5. The molecule has 0 fully saturated rings. The third kappa shape index (κ3) is 3.52. The molecule has 6 rings (SSSR count). The maximum absolute atomic E-state index is 12.7. The van der Waals surface area contributed by atoms with Crippen LogP contribution in [0.25, 0.3) is 11.3 Å². The van der Waals surface area contributed by atoms with Crippen molar-refractivity contribution in [3.05, 3.63) is 101 Å². The average molecular weight is 482 g/mol. The molecule has 0 spiro atoms. The number of carbonyl (C=O) groups is 1. The standard InChI is InChI=1S/C27H20ClN5O2/c1-16-8-14-21(15-9-16)33-27-29-23(19-10-12-20(28)13-11-19)22-24(18-6-4-3-5-7-18)31-35-26(22)32(27)25(30-33)17(2)34/h3-15,23H,1-2H3. The predicted octanol–water partition coefficient (Wildman–Crippen LogP) is 5.99. The lowest BCUT2D eigenvalue weighted by atomic mass is 9.94. The zero-order chi connectivity index (χ0) is 24.1. The summed E-state index contributed by atoms with van der Waals surface area (Å²) in [5.41, 5.74) is 5.16. The van der Waals surface area contributed by atoms with Gasteiger partial charge in [-0.1, -0.05) is 76.9 Å². The first-order valence-corrected chi connectivity index (χ1v) is 11.5.